The molecule has 1 atom stereocenters. The largest absolute Gasteiger partial charge is 0.497 e. The lowest BCUT2D eigenvalue weighted by Gasteiger charge is -2.44. The quantitative estimate of drug-likeness (QED) is 0.506. The summed E-state index contributed by atoms with van der Waals surface area (Å²) in [6, 6.07) is 19.3. The van der Waals surface area contributed by atoms with E-state index in [1.54, 1.807) is 48.7 Å². The second kappa shape index (κ2) is 11.7. The lowest BCUT2D eigenvalue weighted by Crippen LogP contribution is -2.59. The van der Waals surface area contributed by atoms with Crippen molar-refractivity contribution in [2.45, 2.75) is 37.6 Å². The summed E-state index contributed by atoms with van der Waals surface area (Å²) in [4.78, 5) is 47.8. The zero-order valence-corrected chi connectivity index (χ0v) is 21.9. The van der Waals surface area contributed by atoms with Gasteiger partial charge in [0.15, 0.2) is 0 Å². The van der Waals surface area contributed by atoms with Crippen LogP contribution in [0.15, 0.2) is 79.1 Å². The lowest BCUT2D eigenvalue weighted by atomic mass is 9.96. The van der Waals surface area contributed by atoms with E-state index in [1.807, 2.05) is 47.4 Å². The maximum absolute atomic E-state index is 13.9. The molecular weight excluding hydrogens is 496 g/mol. The summed E-state index contributed by atoms with van der Waals surface area (Å²) < 4.78 is 11.5. The number of benzene rings is 2. The molecule has 2 aliphatic rings. The minimum absolute atomic E-state index is 0.0350. The van der Waals surface area contributed by atoms with E-state index in [2.05, 4.69) is 10.3 Å². The normalized spacial score (nSPS) is 18.1. The molecule has 0 bridgehead atoms. The molecule has 3 amide bonds. The number of rotatable bonds is 7. The number of pyridine rings is 1. The summed E-state index contributed by atoms with van der Waals surface area (Å²) in [6.07, 6.45) is 4.52. The molecule has 39 heavy (non-hydrogen) atoms. The highest BCUT2D eigenvalue weighted by molar-refractivity contribution is 5.98. The predicted molar refractivity (Wildman–Crippen MR) is 144 cm³/mol. The second-order valence-electron chi connectivity index (χ2n) is 9.80. The van der Waals surface area contributed by atoms with E-state index in [0.29, 0.717) is 50.2 Å². The van der Waals surface area contributed by atoms with E-state index in [0.717, 1.165) is 11.1 Å². The topological polar surface area (TPSA) is 101 Å². The monoisotopic (exact) mass is 528 g/mol. The first-order valence-corrected chi connectivity index (χ1v) is 13.1. The zero-order valence-electron chi connectivity index (χ0n) is 21.9. The fourth-order valence-electron chi connectivity index (χ4n) is 5.24. The van der Waals surface area contributed by atoms with Crippen LogP contribution in [0.3, 0.4) is 0 Å². The Balaban J connectivity index is 1.33. The summed E-state index contributed by atoms with van der Waals surface area (Å²) in [7, 11) is 1.57. The van der Waals surface area contributed by atoms with Gasteiger partial charge in [0.25, 0.3) is 5.91 Å². The summed E-state index contributed by atoms with van der Waals surface area (Å²) in [5, 5.41) is 2.93. The molecule has 3 aromatic rings. The minimum Gasteiger partial charge on any atom is -0.497 e. The summed E-state index contributed by atoms with van der Waals surface area (Å²) in [5.74, 6) is 0.0868. The molecular formula is C30H32N4O5. The van der Waals surface area contributed by atoms with Gasteiger partial charge in [-0.25, -0.2) is 0 Å². The van der Waals surface area contributed by atoms with Crippen molar-refractivity contribution in [3.05, 3.63) is 95.8 Å². The SMILES string of the molecule is COc1ccc(C(=O)N2[C@@H](C(=O)NCc3cccnc3)COC23CCN(C(=O)Cc2ccccc2)CC3)cc1. The molecule has 2 fully saturated rings. The Kier molecular flexibility index (Phi) is 7.88. The van der Waals surface area contributed by atoms with Crippen LogP contribution in [0.4, 0.5) is 0 Å². The summed E-state index contributed by atoms with van der Waals surface area (Å²) in [5.41, 5.74) is 1.28. The molecule has 9 nitrogen and oxygen atoms in total. The lowest BCUT2D eigenvalue weighted by molar-refractivity contribution is -0.143. The van der Waals surface area contributed by atoms with Gasteiger partial charge in [0.2, 0.25) is 11.8 Å². The van der Waals surface area contributed by atoms with Crippen LogP contribution in [-0.4, -0.2) is 71.1 Å². The Labute approximate surface area is 227 Å². The van der Waals surface area contributed by atoms with Crippen LogP contribution in [0.25, 0.3) is 0 Å². The van der Waals surface area contributed by atoms with E-state index in [-0.39, 0.29) is 24.3 Å². The maximum atomic E-state index is 13.9. The Morgan fingerprint density at radius 1 is 1.00 bits per heavy atom. The molecule has 1 N–H and O–H groups in total. The number of aromatic nitrogens is 1. The maximum Gasteiger partial charge on any atom is 0.256 e. The van der Waals surface area contributed by atoms with E-state index in [1.165, 1.54) is 0 Å². The zero-order chi connectivity index (χ0) is 27.2. The third kappa shape index (κ3) is 5.78. The van der Waals surface area contributed by atoms with Crippen molar-refractivity contribution in [1.82, 2.24) is 20.1 Å². The predicted octanol–water partition coefficient (Wildman–Crippen LogP) is 2.81. The van der Waals surface area contributed by atoms with E-state index >= 15 is 0 Å². The highest BCUT2D eigenvalue weighted by Crippen LogP contribution is 2.39. The van der Waals surface area contributed by atoms with Crippen molar-refractivity contribution in [3.63, 3.8) is 0 Å². The molecule has 2 aromatic carbocycles. The first-order chi connectivity index (χ1) is 19.0. The molecule has 2 saturated heterocycles. The fourth-order valence-corrected chi connectivity index (χ4v) is 5.24. The van der Waals surface area contributed by atoms with Gasteiger partial charge in [-0.15, -0.1) is 0 Å². The highest BCUT2D eigenvalue weighted by Gasteiger charge is 2.54. The van der Waals surface area contributed by atoms with Crippen molar-refractivity contribution >= 4 is 17.7 Å². The number of ether oxygens (including phenoxy) is 2. The van der Waals surface area contributed by atoms with Crippen molar-refractivity contribution in [2.75, 3.05) is 26.8 Å². The molecule has 9 heteroatoms. The number of amides is 3. The fraction of sp³-hybridized carbons (Fsp3) is 0.333. The van der Waals surface area contributed by atoms with Crippen LogP contribution in [-0.2, 0) is 27.3 Å². The average Bonchev–Trinajstić information content (AvgIpc) is 3.35. The third-order valence-corrected chi connectivity index (χ3v) is 7.40. The van der Waals surface area contributed by atoms with Crippen molar-refractivity contribution < 1.29 is 23.9 Å². The van der Waals surface area contributed by atoms with Crippen LogP contribution >= 0.6 is 0 Å². The smallest absolute Gasteiger partial charge is 0.256 e. The number of hydrogen-bond acceptors (Lipinski definition) is 6. The van der Waals surface area contributed by atoms with Crippen LogP contribution in [0.1, 0.15) is 34.3 Å². The van der Waals surface area contributed by atoms with Crippen LogP contribution < -0.4 is 10.1 Å². The first-order valence-electron chi connectivity index (χ1n) is 13.1. The molecule has 1 aromatic heterocycles. The van der Waals surface area contributed by atoms with Gasteiger partial charge in [-0.2, -0.15) is 0 Å². The van der Waals surface area contributed by atoms with Crippen LogP contribution in [0, 0.1) is 0 Å². The number of hydrogen-bond donors (Lipinski definition) is 1. The highest BCUT2D eigenvalue weighted by atomic mass is 16.5. The average molecular weight is 529 g/mol. The van der Waals surface area contributed by atoms with Crippen LogP contribution in [0.5, 0.6) is 5.75 Å². The van der Waals surface area contributed by atoms with Gasteiger partial charge in [0.1, 0.15) is 17.5 Å². The van der Waals surface area contributed by atoms with E-state index in [9.17, 15) is 14.4 Å². The number of carbonyl (C=O) groups excluding carboxylic acids is 3. The Bertz CT molecular complexity index is 1290. The molecule has 0 aliphatic carbocycles. The molecule has 0 radical (unpaired) electrons. The van der Waals surface area contributed by atoms with Gasteiger partial charge in [0.05, 0.1) is 20.1 Å². The second-order valence-corrected chi connectivity index (χ2v) is 9.80. The molecule has 2 aliphatic heterocycles. The summed E-state index contributed by atoms with van der Waals surface area (Å²) in [6.45, 7) is 1.24. The van der Waals surface area contributed by atoms with Gasteiger partial charge >= 0.3 is 0 Å². The molecule has 0 unspecified atom stereocenters. The number of likely N-dealkylation sites (tertiary alicyclic amines) is 1. The number of nitrogens with one attached hydrogen (secondary N) is 1. The number of carbonyl (C=O) groups is 3. The van der Waals surface area contributed by atoms with Crippen molar-refractivity contribution in [3.8, 4) is 5.75 Å². The number of piperidine rings is 1. The van der Waals surface area contributed by atoms with Crippen molar-refractivity contribution in [1.29, 1.82) is 0 Å². The van der Waals surface area contributed by atoms with Gasteiger partial charge in [0, 0.05) is 50.4 Å². The third-order valence-electron chi connectivity index (χ3n) is 7.40. The molecule has 3 heterocycles. The van der Waals surface area contributed by atoms with E-state index in [4.69, 9.17) is 9.47 Å². The Morgan fingerprint density at radius 3 is 2.38 bits per heavy atom. The van der Waals surface area contributed by atoms with E-state index < -0.39 is 11.8 Å². The summed E-state index contributed by atoms with van der Waals surface area (Å²) >= 11 is 0. The van der Waals surface area contributed by atoms with Gasteiger partial charge < -0.3 is 19.7 Å². The molecule has 0 saturated carbocycles. The number of nitrogens with zero attached hydrogens (tertiary/aromatic N) is 3. The van der Waals surface area contributed by atoms with Crippen LogP contribution in [0.2, 0.25) is 0 Å². The van der Waals surface area contributed by atoms with Gasteiger partial charge in [-0.05, 0) is 41.5 Å². The minimum atomic E-state index is -0.975. The number of methoxy groups -OCH3 is 1. The van der Waals surface area contributed by atoms with Gasteiger partial charge in [-0.1, -0.05) is 36.4 Å². The molecule has 1 spiro atoms. The Hall–Kier alpha value is -4.24. The van der Waals surface area contributed by atoms with Gasteiger partial charge in [-0.3, -0.25) is 24.3 Å². The standard InChI is InChI=1S/C30H32N4O5/c1-38-25-11-9-24(10-12-25)29(37)34-26(28(36)32-20-23-8-5-15-31-19-23)21-39-30(34)13-16-33(17-14-30)27(35)18-22-6-3-2-4-7-22/h2-12,15,19,26H,13-14,16-18,20-21H2,1H3,(H,32,36)/t26-/m1/s1. The molecule has 5 rings (SSSR count). The molecule has 202 valence electrons. The van der Waals surface area contributed by atoms with Crippen molar-refractivity contribution in [2.24, 2.45) is 0 Å². The Morgan fingerprint density at radius 2 is 1.72 bits per heavy atom. The first kappa shape index (κ1) is 26.4.